The van der Waals surface area contributed by atoms with Gasteiger partial charge in [-0.2, -0.15) is 0 Å². The lowest BCUT2D eigenvalue weighted by Gasteiger charge is -2.44. The van der Waals surface area contributed by atoms with Gasteiger partial charge in [-0.1, -0.05) is 18.7 Å². The number of ether oxygens (including phenoxy) is 3. The Hall–Kier alpha value is -3.29. The summed E-state index contributed by atoms with van der Waals surface area (Å²) in [5, 5.41) is 0.824. The van der Waals surface area contributed by atoms with Crippen molar-refractivity contribution in [1.29, 1.82) is 0 Å². The number of aromatic nitrogens is 1. The number of rotatable bonds is 1. The summed E-state index contributed by atoms with van der Waals surface area (Å²) in [5.74, 6) is -0.491. The van der Waals surface area contributed by atoms with Gasteiger partial charge in [0, 0.05) is 36.2 Å². The fourth-order valence-corrected chi connectivity index (χ4v) is 4.80. The summed E-state index contributed by atoms with van der Waals surface area (Å²) < 4.78 is 18.7. The first-order valence-electron chi connectivity index (χ1n) is 11.4. The van der Waals surface area contributed by atoms with E-state index in [1.165, 1.54) is 9.47 Å². The van der Waals surface area contributed by atoms with Crippen LogP contribution in [0.3, 0.4) is 0 Å². The lowest BCUT2D eigenvalue weighted by Crippen LogP contribution is -2.55. The fourth-order valence-electron chi connectivity index (χ4n) is 4.80. The Balaban J connectivity index is 1.87. The summed E-state index contributed by atoms with van der Waals surface area (Å²) >= 11 is 0. The predicted octanol–water partition coefficient (Wildman–Crippen LogP) is 4.91. The number of likely N-dealkylation sites (N-methyl/N-ethyl adjacent to an activating group) is 1. The van der Waals surface area contributed by atoms with E-state index in [1.54, 1.807) is 34.0 Å². The van der Waals surface area contributed by atoms with Gasteiger partial charge in [0.15, 0.2) is 5.60 Å². The van der Waals surface area contributed by atoms with Crippen LogP contribution in [0.25, 0.3) is 10.9 Å². The topological polar surface area (TPSA) is 87.1 Å². The molecule has 1 aromatic heterocycles. The molecule has 1 aliphatic heterocycles. The van der Waals surface area contributed by atoms with Crippen molar-refractivity contribution in [3.05, 3.63) is 47.7 Å². The molecule has 1 spiro atoms. The monoisotopic (exact) mass is 468 g/mol. The van der Waals surface area contributed by atoms with Gasteiger partial charge < -0.3 is 19.1 Å². The molecule has 2 heterocycles. The average molecular weight is 469 g/mol. The van der Waals surface area contributed by atoms with Crippen LogP contribution in [0.4, 0.5) is 9.59 Å². The third-order valence-corrected chi connectivity index (χ3v) is 6.09. The molecule has 182 valence electrons. The smallest absolute Gasteiger partial charge is 0.419 e. The standard InChI is InChI=1S/C26H32N2O6/c1-15-13-26(32-21(15)29)17-10-9-11-18-20(17)16(14-28(18)23(31)34-25(5,6)7)12-19(26)27(8)22(30)33-24(2,3)4/h9-11,14,19H,1,12-13H2,2-8H3/t19-,26+/m1/s1. The van der Waals surface area contributed by atoms with Crippen LogP contribution in [-0.2, 0) is 31.0 Å². The quantitative estimate of drug-likeness (QED) is 0.336. The highest BCUT2D eigenvalue weighted by atomic mass is 16.6. The SMILES string of the molecule is C=C1C[C@]2(OC1=O)c1cccc3c1c(cn3C(=O)OC(C)(C)C)C[C@H]2N(C)C(=O)OC(C)(C)C. The van der Waals surface area contributed by atoms with Crippen LogP contribution in [0.5, 0.6) is 0 Å². The summed E-state index contributed by atoms with van der Waals surface area (Å²) in [7, 11) is 1.64. The van der Waals surface area contributed by atoms with Crippen molar-refractivity contribution in [3.63, 3.8) is 0 Å². The first-order valence-corrected chi connectivity index (χ1v) is 11.4. The number of hydrogen-bond acceptors (Lipinski definition) is 6. The van der Waals surface area contributed by atoms with E-state index < -0.39 is 41.0 Å². The fraction of sp³-hybridized carbons (Fsp3) is 0.500. The van der Waals surface area contributed by atoms with Gasteiger partial charge >= 0.3 is 18.2 Å². The molecule has 0 saturated carbocycles. The predicted molar refractivity (Wildman–Crippen MR) is 127 cm³/mol. The van der Waals surface area contributed by atoms with Crippen molar-refractivity contribution >= 4 is 29.1 Å². The number of esters is 1. The van der Waals surface area contributed by atoms with E-state index in [9.17, 15) is 14.4 Å². The third-order valence-electron chi connectivity index (χ3n) is 6.09. The van der Waals surface area contributed by atoms with Crippen molar-refractivity contribution in [1.82, 2.24) is 9.47 Å². The first kappa shape index (κ1) is 23.9. The Bertz CT molecular complexity index is 1190. The average Bonchev–Trinajstić information content (AvgIpc) is 3.20. The van der Waals surface area contributed by atoms with Gasteiger partial charge in [0.1, 0.15) is 11.2 Å². The van der Waals surface area contributed by atoms with Gasteiger partial charge in [-0.25, -0.2) is 14.4 Å². The molecule has 0 radical (unpaired) electrons. The number of benzene rings is 1. The highest BCUT2D eigenvalue weighted by molar-refractivity contribution is 5.98. The van der Waals surface area contributed by atoms with Gasteiger partial charge in [-0.3, -0.25) is 4.57 Å². The zero-order chi connectivity index (χ0) is 25.2. The molecule has 34 heavy (non-hydrogen) atoms. The molecule has 2 atom stereocenters. The maximum Gasteiger partial charge on any atom is 0.419 e. The van der Waals surface area contributed by atoms with E-state index in [0.717, 1.165) is 16.5 Å². The number of carbonyl (C=O) groups is 3. The van der Waals surface area contributed by atoms with E-state index in [-0.39, 0.29) is 6.42 Å². The van der Waals surface area contributed by atoms with E-state index in [2.05, 4.69) is 6.58 Å². The highest BCUT2D eigenvalue weighted by Gasteiger charge is 2.56. The molecule has 0 unspecified atom stereocenters. The summed E-state index contributed by atoms with van der Waals surface area (Å²) in [6, 6.07) is 4.97. The van der Waals surface area contributed by atoms with Gasteiger partial charge in [-0.05, 0) is 59.6 Å². The Kier molecular flexibility index (Phi) is 5.34. The summed E-state index contributed by atoms with van der Waals surface area (Å²) in [6.07, 6.45) is 1.32. The molecule has 2 aliphatic rings. The summed E-state index contributed by atoms with van der Waals surface area (Å²) in [5.41, 5.74) is 0.117. The van der Waals surface area contributed by atoms with Gasteiger partial charge in [0.05, 0.1) is 11.6 Å². The van der Waals surface area contributed by atoms with E-state index >= 15 is 0 Å². The molecule has 1 aromatic carbocycles. The minimum Gasteiger partial charge on any atom is -0.448 e. The molecule has 1 saturated heterocycles. The van der Waals surface area contributed by atoms with Crippen molar-refractivity contribution in [2.45, 2.75) is 77.2 Å². The van der Waals surface area contributed by atoms with Crippen LogP contribution in [0.15, 0.2) is 36.5 Å². The minimum atomic E-state index is -1.13. The maximum absolute atomic E-state index is 13.0. The molecule has 8 heteroatoms. The van der Waals surface area contributed by atoms with Gasteiger partial charge in [0.25, 0.3) is 0 Å². The second-order valence-electron chi connectivity index (χ2n) is 11.1. The van der Waals surface area contributed by atoms with Gasteiger partial charge in [-0.15, -0.1) is 0 Å². The zero-order valence-corrected chi connectivity index (χ0v) is 20.9. The molecule has 1 fully saturated rings. The van der Waals surface area contributed by atoms with Crippen LogP contribution < -0.4 is 0 Å². The second-order valence-corrected chi connectivity index (χ2v) is 11.1. The van der Waals surface area contributed by atoms with E-state index in [0.29, 0.717) is 17.5 Å². The van der Waals surface area contributed by atoms with Crippen molar-refractivity contribution < 1.29 is 28.6 Å². The molecule has 1 aliphatic carbocycles. The first-order chi connectivity index (χ1) is 15.6. The van der Waals surface area contributed by atoms with Crippen LogP contribution >= 0.6 is 0 Å². The Morgan fingerprint density at radius 1 is 1.15 bits per heavy atom. The minimum absolute atomic E-state index is 0.236. The van der Waals surface area contributed by atoms with Crippen LogP contribution in [0.2, 0.25) is 0 Å². The van der Waals surface area contributed by atoms with Crippen molar-refractivity contribution in [3.8, 4) is 0 Å². The van der Waals surface area contributed by atoms with Crippen molar-refractivity contribution in [2.75, 3.05) is 7.05 Å². The number of carbonyl (C=O) groups excluding carboxylic acids is 3. The molecular formula is C26H32N2O6. The zero-order valence-electron chi connectivity index (χ0n) is 20.9. The normalized spacial score (nSPS) is 22.1. The van der Waals surface area contributed by atoms with Gasteiger partial charge in [0.2, 0.25) is 0 Å². The largest absolute Gasteiger partial charge is 0.448 e. The maximum atomic E-state index is 13.0. The Morgan fingerprint density at radius 2 is 1.79 bits per heavy atom. The highest BCUT2D eigenvalue weighted by Crippen LogP contribution is 2.51. The molecule has 2 aromatic rings. The summed E-state index contributed by atoms with van der Waals surface area (Å²) in [4.78, 5) is 40.1. The number of amides is 1. The molecule has 1 amide bonds. The molecule has 0 bridgehead atoms. The lowest BCUT2D eigenvalue weighted by molar-refractivity contribution is -0.154. The van der Waals surface area contributed by atoms with E-state index in [1.807, 2.05) is 39.0 Å². The van der Waals surface area contributed by atoms with Crippen molar-refractivity contribution in [2.24, 2.45) is 0 Å². The lowest BCUT2D eigenvalue weighted by atomic mass is 9.74. The molecular weight excluding hydrogens is 436 g/mol. The van der Waals surface area contributed by atoms with Crippen LogP contribution in [0.1, 0.15) is 59.1 Å². The van der Waals surface area contributed by atoms with Crippen LogP contribution in [-0.4, -0.2) is 51.9 Å². The van der Waals surface area contributed by atoms with E-state index in [4.69, 9.17) is 14.2 Å². The molecule has 8 nitrogen and oxygen atoms in total. The third kappa shape index (κ3) is 3.95. The Morgan fingerprint density at radius 3 is 2.35 bits per heavy atom. The second kappa shape index (κ2) is 7.61. The number of hydrogen-bond donors (Lipinski definition) is 0. The van der Waals surface area contributed by atoms with Crippen LogP contribution in [0, 0.1) is 0 Å². The number of nitrogens with zero attached hydrogens (tertiary/aromatic N) is 2. The molecule has 4 rings (SSSR count). The number of fused-ring (bicyclic) bond motifs is 1. The molecule has 0 N–H and O–H groups in total. The summed E-state index contributed by atoms with van der Waals surface area (Å²) in [6.45, 7) is 14.7. The Labute approximate surface area is 199 Å².